The molecule has 0 spiro atoms. The fourth-order valence-electron chi connectivity index (χ4n) is 2.16. The summed E-state index contributed by atoms with van der Waals surface area (Å²) < 4.78 is 0. The summed E-state index contributed by atoms with van der Waals surface area (Å²) in [6.07, 6.45) is 3.85. The zero-order valence-electron chi connectivity index (χ0n) is 13.6. The summed E-state index contributed by atoms with van der Waals surface area (Å²) in [5.74, 6) is -0.0828. The molecular formula is C19H22N2O. The van der Waals surface area contributed by atoms with Crippen molar-refractivity contribution in [2.75, 3.05) is 0 Å². The molecule has 3 nitrogen and oxygen atoms in total. The molecule has 1 N–H and O–H groups in total. The van der Waals surface area contributed by atoms with E-state index in [1.807, 2.05) is 76.4 Å². The number of nitrogens with one attached hydrogen (secondary N) is 1. The smallest absolute Gasteiger partial charge is 0.251 e. The molecule has 1 heterocycles. The van der Waals surface area contributed by atoms with Gasteiger partial charge in [-0.3, -0.25) is 9.78 Å². The maximum Gasteiger partial charge on any atom is 0.251 e. The highest BCUT2D eigenvalue weighted by Crippen LogP contribution is 2.16. The fourth-order valence-corrected chi connectivity index (χ4v) is 2.16. The lowest BCUT2D eigenvalue weighted by Crippen LogP contribution is -2.27. The summed E-state index contributed by atoms with van der Waals surface area (Å²) in [6, 6.07) is 11.5. The Morgan fingerprint density at radius 3 is 2.59 bits per heavy atom. The number of hydrogen-bond donors (Lipinski definition) is 1. The minimum atomic E-state index is -0.125. The van der Waals surface area contributed by atoms with Gasteiger partial charge in [0.2, 0.25) is 0 Å². The molecular weight excluding hydrogens is 272 g/mol. The summed E-state index contributed by atoms with van der Waals surface area (Å²) in [7, 11) is 0. The molecule has 114 valence electrons. The molecule has 2 rings (SSSR count). The molecule has 22 heavy (non-hydrogen) atoms. The van der Waals surface area contributed by atoms with Crippen molar-refractivity contribution in [3.05, 3.63) is 71.1 Å². The van der Waals surface area contributed by atoms with Crippen LogP contribution in [0.25, 0.3) is 5.57 Å². The molecule has 1 aromatic heterocycles. The Balaban J connectivity index is 2.13. The van der Waals surface area contributed by atoms with Crippen LogP contribution in [0.15, 0.2) is 48.7 Å². The van der Waals surface area contributed by atoms with Gasteiger partial charge in [0.25, 0.3) is 5.91 Å². The zero-order chi connectivity index (χ0) is 16.1. The predicted molar refractivity (Wildman–Crippen MR) is 90.6 cm³/mol. The number of carbonyl (C=O) groups excluding carboxylic acids is 1. The molecule has 1 aromatic carbocycles. The molecule has 0 saturated carbocycles. The van der Waals surface area contributed by atoms with Crippen LogP contribution in [-0.4, -0.2) is 10.9 Å². The van der Waals surface area contributed by atoms with E-state index in [4.69, 9.17) is 0 Å². The van der Waals surface area contributed by atoms with Gasteiger partial charge in [-0.2, -0.15) is 0 Å². The fraction of sp³-hybridized carbons (Fsp3) is 0.263. The highest BCUT2D eigenvalue weighted by molar-refractivity contribution is 5.95. The molecule has 0 radical (unpaired) electrons. The minimum absolute atomic E-state index is 0.0828. The number of benzene rings is 1. The monoisotopic (exact) mass is 294 g/mol. The summed E-state index contributed by atoms with van der Waals surface area (Å²) >= 11 is 0. The van der Waals surface area contributed by atoms with Crippen LogP contribution in [0.4, 0.5) is 0 Å². The van der Waals surface area contributed by atoms with E-state index in [2.05, 4.69) is 10.3 Å². The first kappa shape index (κ1) is 16.0. The molecule has 1 atom stereocenters. The van der Waals surface area contributed by atoms with E-state index >= 15 is 0 Å². The Kier molecular flexibility index (Phi) is 5.10. The van der Waals surface area contributed by atoms with Crippen LogP contribution in [0, 0.1) is 6.92 Å². The Bertz CT molecular complexity index is 687. The number of aryl methyl sites for hydroxylation is 1. The summed E-state index contributed by atoms with van der Waals surface area (Å²) in [4.78, 5) is 16.8. The van der Waals surface area contributed by atoms with Crippen molar-refractivity contribution < 1.29 is 4.79 Å². The maximum absolute atomic E-state index is 12.4. The van der Waals surface area contributed by atoms with Gasteiger partial charge in [0.05, 0.1) is 11.7 Å². The molecule has 0 aliphatic rings. The average molecular weight is 294 g/mol. The number of pyridine rings is 1. The van der Waals surface area contributed by atoms with E-state index in [1.165, 1.54) is 0 Å². The number of allylic oxidation sites excluding steroid dienone is 2. The van der Waals surface area contributed by atoms with Gasteiger partial charge in [-0.15, -0.1) is 0 Å². The van der Waals surface area contributed by atoms with Crippen LogP contribution >= 0.6 is 0 Å². The third kappa shape index (κ3) is 3.82. The van der Waals surface area contributed by atoms with Gasteiger partial charge in [0, 0.05) is 11.8 Å². The lowest BCUT2D eigenvalue weighted by molar-refractivity contribution is 0.0939. The van der Waals surface area contributed by atoms with Gasteiger partial charge >= 0.3 is 0 Å². The van der Waals surface area contributed by atoms with Gasteiger partial charge in [-0.1, -0.05) is 24.3 Å². The molecule has 0 fully saturated rings. The Morgan fingerprint density at radius 2 is 1.95 bits per heavy atom. The van der Waals surface area contributed by atoms with Gasteiger partial charge in [0.15, 0.2) is 0 Å². The van der Waals surface area contributed by atoms with E-state index < -0.39 is 0 Å². The maximum atomic E-state index is 12.4. The summed E-state index contributed by atoms with van der Waals surface area (Å²) in [6.45, 7) is 7.97. The van der Waals surface area contributed by atoms with E-state index in [0.29, 0.717) is 5.56 Å². The van der Waals surface area contributed by atoms with E-state index in [9.17, 15) is 4.79 Å². The van der Waals surface area contributed by atoms with Crippen LogP contribution in [0.5, 0.6) is 0 Å². The van der Waals surface area contributed by atoms with Crippen LogP contribution in [0.3, 0.4) is 0 Å². The second kappa shape index (κ2) is 7.03. The second-order valence-electron chi connectivity index (χ2n) is 5.51. The second-order valence-corrected chi connectivity index (χ2v) is 5.51. The standard InChI is InChI=1S/C19H22N2O/c1-5-14(3)16-7-6-8-17(11-16)19(22)21-15(4)18-10-9-13(2)12-20-18/h5-12,15H,1-4H3,(H,21,22)/b14-5+. The summed E-state index contributed by atoms with van der Waals surface area (Å²) in [5.41, 5.74) is 4.85. The van der Waals surface area contributed by atoms with Crippen molar-refractivity contribution in [1.82, 2.24) is 10.3 Å². The molecule has 3 heteroatoms. The Morgan fingerprint density at radius 1 is 1.23 bits per heavy atom. The molecule has 1 amide bonds. The van der Waals surface area contributed by atoms with Crippen LogP contribution < -0.4 is 5.32 Å². The van der Waals surface area contributed by atoms with E-state index in [-0.39, 0.29) is 11.9 Å². The average Bonchev–Trinajstić information content (AvgIpc) is 2.54. The number of aromatic nitrogens is 1. The SMILES string of the molecule is C/C=C(\C)c1cccc(C(=O)NC(C)c2ccc(C)cn2)c1. The summed E-state index contributed by atoms with van der Waals surface area (Å²) in [5, 5.41) is 3.00. The number of carbonyl (C=O) groups is 1. The van der Waals surface area contributed by atoms with Gasteiger partial charge in [0.1, 0.15) is 0 Å². The first-order valence-corrected chi connectivity index (χ1v) is 7.48. The first-order valence-electron chi connectivity index (χ1n) is 7.48. The minimum Gasteiger partial charge on any atom is -0.344 e. The quantitative estimate of drug-likeness (QED) is 0.913. The van der Waals surface area contributed by atoms with Gasteiger partial charge < -0.3 is 5.32 Å². The Labute approximate surface area is 132 Å². The largest absolute Gasteiger partial charge is 0.344 e. The van der Waals surface area contributed by atoms with Crippen LogP contribution in [-0.2, 0) is 0 Å². The van der Waals surface area contributed by atoms with Crippen molar-refractivity contribution in [2.45, 2.75) is 33.7 Å². The van der Waals surface area contributed by atoms with Crippen molar-refractivity contribution in [1.29, 1.82) is 0 Å². The first-order chi connectivity index (χ1) is 10.5. The van der Waals surface area contributed by atoms with Crippen LogP contribution in [0.1, 0.15) is 54.0 Å². The van der Waals surface area contributed by atoms with Crippen molar-refractivity contribution in [3.8, 4) is 0 Å². The molecule has 0 aliphatic heterocycles. The third-order valence-electron chi connectivity index (χ3n) is 3.74. The highest BCUT2D eigenvalue weighted by atomic mass is 16.1. The number of rotatable bonds is 4. The lowest BCUT2D eigenvalue weighted by atomic mass is 10.0. The highest BCUT2D eigenvalue weighted by Gasteiger charge is 2.12. The Hall–Kier alpha value is -2.42. The van der Waals surface area contributed by atoms with Gasteiger partial charge in [-0.05, 0) is 62.6 Å². The number of nitrogens with zero attached hydrogens (tertiary/aromatic N) is 1. The third-order valence-corrected chi connectivity index (χ3v) is 3.74. The molecule has 1 unspecified atom stereocenters. The molecule has 0 aliphatic carbocycles. The molecule has 0 bridgehead atoms. The van der Waals surface area contributed by atoms with E-state index in [1.54, 1.807) is 0 Å². The van der Waals surface area contributed by atoms with Crippen molar-refractivity contribution in [2.24, 2.45) is 0 Å². The van der Waals surface area contributed by atoms with Crippen LogP contribution in [0.2, 0.25) is 0 Å². The predicted octanol–water partition coefficient (Wildman–Crippen LogP) is 4.30. The lowest BCUT2D eigenvalue weighted by Gasteiger charge is -2.14. The zero-order valence-corrected chi connectivity index (χ0v) is 13.6. The van der Waals surface area contributed by atoms with Crippen molar-refractivity contribution in [3.63, 3.8) is 0 Å². The topological polar surface area (TPSA) is 42.0 Å². The van der Waals surface area contributed by atoms with E-state index in [0.717, 1.165) is 22.4 Å². The molecule has 0 saturated heterocycles. The number of amides is 1. The van der Waals surface area contributed by atoms with Crippen molar-refractivity contribution >= 4 is 11.5 Å². The number of hydrogen-bond acceptors (Lipinski definition) is 2. The normalized spacial score (nSPS) is 12.8. The van der Waals surface area contributed by atoms with Gasteiger partial charge in [-0.25, -0.2) is 0 Å². The molecule has 2 aromatic rings.